The highest BCUT2D eigenvalue weighted by Gasteiger charge is 2.36. The number of thiazole rings is 1. The van der Waals surface area contributed by atoms with Crippen LogP contribution in [0.4, 0.5) is 5.69 Å². The number of nitrogens with zero attached hydrogens (tertiary/aromatic N) is 2. The molecule has 2 heterocycles. The minimum absolute atomic E-state index is 0.324. The van der Waals surface area contributed by atoms with E-state index < -0.39 is 17.7 Å². The highest BCUT2D eigenvalue weighted by molar-refractivity contribution is 8.00. The summed E-state index contributed by atoms with van der Waals surface area (Å²) >= 11 is 3.16. The van der Waals surface area contributed by atoms with Crippen LogP contribution in [0.2, 0.25) is 0 Å². The molecule has 3 aromatic carbocycles. The highest BCUT2D eigenvalue weighted by Crippen LogP contribution is 2.34. The van der Waals surface area contributed by atoms with Crippen LogP contribution in [-0.4, -0.2) is 41.3 Å². The summed E-state index contributed by atoms with van der Waals surface area (Å²) in [6, 6.07) is 19.9. The van der Waals surface area contributed by atoms with E-state index in [-0.39, 0.29) is 6.54 Å². The maximum Gasteiger partial charge on any atom is 0.262 e. The van der Waals surface area contributed by atoms with Gasteiger partial charge < -0.3 is 10.1 Å². The molecular weight excluding hydrogens is 470 g/mol. The number of imide groups is 1. The van der Waals surface area contributed by atoms with Gasteiger partial charge >= 0.3 is 0 Å². The first-order valence-corrected chi connectivity index (χ1v) is 12.2. The van der Waals surface area contributed by atoms with Crippen LogP contribution in [0, 0.1) is 0 Å². The molecule has 0 saturated heterocycles. The number of carbonyl (C=O) groups is 3. The topological polar surface area (TPSA) is 88.6 Å². The minimum atomic E-state index is -0.453. The number of amides is 3. The van der Waals surface area contributed by atoms with Crippen LogP contribution in [0.25, 0.3) is 10.2 Å². The largest absolute Gasteiger partial charge is 0.496 e. The Labute approximate surface area is 203 Å². The third-order valence-electron chi connectivity index (χ3n) is 5.38. The number of benzene rings is 3. The van der Waals surface area contributed by atoms with E-state index in [0.717, 1.165) is 36.5 Å². The van der Waals surface area contributed by atoms with E-state index in [2.05, 4.69) is 10.3 Å². The van der Waals surface area contributed by atoms with E-state index in [0.29, 0.717) is 16.8 Å². The number of anilines is 1. The molecule has 170 valence electrons. The van der Waals surface area contributed by atoms with E-state index >= 15 is 0 Å². The molecule has 0 aliphatic carbocycles. The molecule has 3 amide bonds. The minimum Gasteiger partial charge on any atom is -0.496 e. The lowest BCUT2D eigenvalue weighted by Crippen LogP contribution is -2.37. The van der Waals surface area contributed by atoms with Gasteiger partial charge in [-0.1, -0.05) is 42.1 Å². The Kier molecular flexibility index (Phi) is 6.04. The number of hydrogen-bond donors (Lipinski definition) is 1. The number of nitrogens with one attached hydrogen (secondary N) is 1. The van der Waals surface area contributed by atoms with Gasteiger partial charge in [0, 0.05) is 17.0 Å². The lowest BCUT2D eigenvalue weighted by Gasteiger charge is -2.13. The quantitative estimate of drug-likeness (QED) is 0.295. The molecule has 34 heavy (non-hydrogen) atoms. The summed E-state index contributed by atoms with van der Waals surface area (Å²) in [5, 5.41) is 2.78. The SMILES string of the molecule is COc1ccccc1CSc1nc2ccc(NC(=O)CN3C(=O)c4ccccc4C3=O)cc2s1. The highest BCUT2D eigenvalue weighted by atomic mass is 32.2. The second-order valence-corrected chi connectivity index (χ2v) is 9.81. The zero-order valence-corrected chi connectivity index (χ0v) is 19.7. The fourth-order valence-corrected chi connectivity index (χ4v) is 5.83. The smallest absolute Gasteiger partial charge is 0.262 e. The van der Waals surface area contributed by atoms with Gasteiger partial charge in [-0.25, -0.2) is 4.98 Å². The molecule has 1 aromatic heterocycles. The predicted octanol–water partition coefficient (Wildman–Crippen LogP) is 4.83. The predicted molar refractivity (Wildman–Crippen MR) is 133 cm³/mol. The van der Waals surface area contributed by atoms with Crippen molar-refractivity contribution in [2.45, 2.75) is 10.1 Å². The summed E-state index contributed by atoms with van der Waals surface area (Å²) in [5.74, 6) is 0.229. The Bertz CT molecular complexity index is 1400. The number of para-hydroxylation sites is 1. The molecule has 9 heteroatoms. The number of ether oxygens (including phenoxy) is 1. The number of carbonyl (C=O) groups excluding carboxylic acids is 3. The third-order valence-corrected chi connectivity index (χ3v) is 7.59. The van der Waals surface area contributed by atoms with Gasteiger partial charge in [0.2, 0.25) is 5.91 Å². The monoisotopic (exact) mass is 489 g/mol. The van der Waals surface area contributed by atoms with Crippen LogP contribution in [0.5, 0.6) is 5.75 Å². The van der Waals surface area contributed by atoms with Crippen molar-refractivity contribution in [1.82, 2.24) is 9.88 Å². The van der Waals surface area contributed by atoms with Gasteiger partial charge in [-0.15, -0.1) is 11.3 Å². The van der Waals surface area contributed by atoms with E-state index in [1.165, 1.54) is 11.3 Å². The van der Waals surface area contributed by atoms with Crippen molar-refractivity contribution in [3.05, 3.63) is 83.4 Å². The first-order valence-electron chi connectivity index (χ1n) is 10.4. The summed E-state index contributed by atoms with van der Waals surface area (Å²) in [6.45, 7) is -0.340. The molecule has 0 fully saturated rings. The van der Waals surface area contributed by atoms with Crippen molar-refractivity contribution in [2.75, 3.05) is 19.0 Å². The Hall–Kier alpha value is -3.69. The van der Waals surface area contributed by atoms with Gasteiger partial charge in [-0.05, 0) is 36.4 Å². The molecular formula is C25H19N3O4S2. The van der Waals surface area contributed by atoms with Gasteiger partial charge in [-0.2, -0.15) is 0 Å². The first-order chi connectivity index (χ1) is 16.5. The molecule has 0 spiro atoms. The molecule has 0 bridgehead atoms. The number of fused-ring (bicyclic) bond motifs is 2. The van der Waals surface area contributed by atoms with Crippen LogP contribution in [0.3, 0.4) is 0 Å². The Morgan fingerprint density at radius 3 is 2.47 bits per heavy atom. The fraction of sp³-hybridized carbons (Fsp3) is 0.120. The van der Waals surface area contributed by atoms with Crippen molar-refractivity contribution in [1.29, 1.82) is 0 Å². The third kappa shape index (κ3) is 4.27. The van der Waals surface area contributed by atoms with Gasteiger partial charge in [-0.3, -0.25) is 19.3 Å². The normalized spacial score (nSPS) is 12.8. The van der Waals surface area contributed by atoms with Crippen molar-refractivity contribution >= 4 is 56.7 Å². The second-order valence-electron chi connectivity index (χ2n) is 7.55. The average Bonchev–Trinajstić information content (AvgIpc) is 3.37. The van der Waals surface area contributed by atoms with Crippen molar-refractivity contribution < 1.29 is 19.1 Å². The second kappa shape index (κ2) is 9.28. The Balaban J connectivity index is 1.25. The zero-order valence-electron chi connectivity index (χ0n) is 18.1. The summed E-state index contributed by atoms with van der Waals surface area (Å²) in [4.78, 5) is 43.2. The Morgan fingerprint density at radius 2 is 1.74 bits per heavy atom. The molecule has 1 aliphatic heterocycles. The Morgan fingerprint density at radius 1 is 1.03 bits per heavy atom. The van der Waals surface area contributed by atoms with E-state index in [1.54, 1.807) is 49.2 Å². The van der Waals surface area contributed by atoms with Crippen LogP contribution in [0.15, 0.2) is 71.1 Å². The number of methoxy groups -OCH3 is 1. The molecule has 7 nitrogen and oxygen atoms in total. The van der Waals surface area contributed by atoms with Gasteiger partial charge in [0.15, 0.2) is 4.34 Å². The van der Waals surface area contributed by atoms with Gasteiger partial charge in [0.25, 0.3) is 11.8 Å². The van der Waals surface area contributed by atoms with Gasteiger partial charge in [0.05, 0.1) is 28.5 Å². The first kappa shape index (κ1) is 22.1. The number of rotatable bonds is 7. The lowest BCUT2D eigenvalue weighted by atomic mass is 10.1. The van der Waals surface area contributed by atoms with Gasteiger partial charge in [0.1, 0.15) is 12.3 Å². The zero-order chi connectivity index (χ0) is 23.7. The van der Waals surface area contributed by atoms with Crippen LogP contribution in [-0.2, 0) is 10.5 Å². The van der Waals surface area contributed by atoms with Crippen molar-refractivity contribution in [3.8, 4) is 5.75 Å². The molecule has 0 unspecified atom stereocenters. The molecule has 0 atom stereocenters. The average molecular weight is 490 g/mol. The van der Waals surface area contributed by atoms with E-state index in [4.69, 9.17) is 4.74 Å². The van der Waals surface area contributed by atoms with E-state index in [1.807, 2.05) is 36.4 Å². The number of thioether (sulfide) groups is 1. The molecule has 1 N–H and O–H groups in total. The molecule has 0 radical (unpaired) electrons. The summed E-state index contributed by atoms with van der Waals surface area (Å²) < 4.78 is 7.25. The lowest BCUT2D eigenvalue weighted by molar-refractivity contribution is -0.116. The molecule has 5 rings (SSSR count). The van der Waals surface area contributed by atoms with E-state index in [9.17, 15) is 14.4 Å². The fourth-order valence-electron chi connectivity index (χ4n) is 3.73. The van der Waals surface area contributed by atoms with Crippen LogP contribution >= 0.6 is 23.1 Å². The standard InChI is InChI=1S/C25H19N3O4S2/c1-32-20-9-5-2-6-15(20)14-33-25-27-19-11-10-16(12-21(19)34-25)26-22(29)13-28-23(30)17-7-3-4-8-18(17)24(28)31/h2-12H,13-14H2,1H3,(H,26,29). The molecule has 1 aliphatic rings. The van der Waals surface area contributed by atoms with Crippen LogP contribution < -0.4 is 10.1 Å². The number of aromatic nitrogens is 1. The van der Waals surface area contributed by atoms with Crippen molar-refractivity contribution in [2.24, 2.45) is 0 Å². The maximum absolute atomic E-state index is 12.6. The summed E-state index contributed by atoms with van der Waals surface area (Å²) in [7, 11) is 1.66. The maximum atomic E-state index is 12.6. The molecule has 4 aromatic rings. The summed E-state index contributed by atoms with van der Waals surface area (Å²) in [5.41, 5.74) is 3.16. The molecule has 0 saturated carbocycles. The van der Waals surface area contributed by atoms with Crippen molar-refractivity contribution in [3.63, 3.8) is 0 Å². The summed E-state index contributed by atoms with van der Waals surface area (Å²) in [6.07, 6.45) is 0. The number of hydrogen-bond acceptors (Lipinski definition) is 7. The van der Waals surface area contributed by atoms with Crippen LogP contribution in [0.1, 0.15) is 26.3 Å².